The molecule has 0 amide bonds. The largest absolute Gasteiger partial charge is 0.368 e. The summed E-state index contributed by atoms with van der Waals surface area (Å²) in [6.07, 6.45) is 2.71. The molecular formula is C14H20BrN3. The maximum atomic E-state index is 5.90. The number of nitrogens with two attached hydrogens (primary N) is 1. The highest BCUT2D eigenvalue weighted by Gasteiger charge is 2.31. The van der Waals surface area contributed by atoms with Crippen LogP contribution in [0.3, 0.4) is 0 Å². The van der Waals surface area contributed by atoms with E-state index in [0.29, 0.717) is 6.54 Å². The summed E-state index contributed by atoms with van der Waals surface area (Å²) in [5.41, 5.74) is 8.46. The molecule has 2 fully saturated rings. The molecule has 2 aliphatic rings. The Bertz CT molecular complexity index is 435. The van der Waals surface area contributed by atoms with Crippen molar-refractivity contribution in [2.45, 2.75) is 25.4 Å². The van der Waals surface area contributed by atoms with E-state index in [1.807, 2.05) is 0 Å². The minimum absolute atomic E-state index is 0.599. The van der Waals surface area contributed by atoms with Crippen LogP contribution in [0.1, 0.15) is 18.4 Å². The lowest BCUT2D eigenvalue weighted by molar-refractivity contribution is 0.231. The SMILES string of the molecule is NCc1c(Br)cccc1N1CCN2CCCC2C1. The van der Waals surface area contributed by atoms with Crippen LogP contribution in [0.25, 0.3) is 0 Å². The van der Waals surface area contributed by atoms with E-state index >= 15 is 0 Å². The van der Waals surface area contributed by atoms with Crippen LogP contribution in [0.4, 0.5) is 5.69 Å². The molecule has 2 N–H and O–H groups in total. The first kappa shape index (κ1) is 12.5. The highest BCUT2D eigenvalue weighted by atomic mass is 79.9. The maximum absolute atomic E-state index is 5.90. The lowest BCUT2D eigenvalue weighted by Crippen LogP contribution is -2.50. The number of hydrogen-bond donors (Lipinski definition) is 1. The van der Waals surface area contributed by atoms with Crippen molar-refractivity contribution in [2.75, 3.05) is 31.1 Å². The van der Waals surface area contributed by atoms with Crippen molar-refractivity contribution >= 4 is 21.6 Å². The second-order valence-electron chi connectivity index (χ2n) is 5.22. The zero-order chi connectivity index (χ0) is 12.5. The van der Waals surface area contributed by atoms with Crippen LogP contribution in [-0.2, 0) is 6.54 Å². The second kappa shape index (κ2) is 5.19. The fourth-order valence-corrected chi connectivity index (χ4v) is 3.77. The number of nitrogens with zero attached hydrogens (tertiary/aromatic N) is 2. The van der Waals surface area contributed by atoms with Crippen LogP contribution in [0, 0.1) is 0 Å². The van der Waals surface area contributed by atoms with Crippen molar-refractivity contribution in [1.29, 1.82) is 0 Å². The summed E-state index contributed by atoms with van der Waals surface area (Å²) in [7, 11) is 0. The maximum Gasteiger partial charge on any atom is 0.0424 e. The number of rotatable bonds is 2. The van der Waals surface area contributed by atoms with Gasteiger partial charge in [0.25, 0.3) is 0 Å². The summed E-state index contributed by atoms with van der Waals surface area (Å²) in [5.74, 6) is 0. The Morgan fingerprint density at radius 2 is 2.17 bits per heavy atom. The first-order valence-corrected chi connectivity index (χ1v) is 7.55. The molecule has 2 heterocycles. The van der Waals surface area contributed by atoms with Gasteiger partial charge in [0.2, 0.25) is 0 Å². The van der Waals surface area contributed by atoms with Gasteiger partial charge < -0.3 is 10.6 Å². The van der Waals surface area contributed by atoms with Crippen LogP contribution in [0.5, 0.6) is 0 Å². The number of hydrogen-bond acceptors (Lipinski definition) is 3. The Hall–Kier alpha value is -0.580. The average Bonchev–Trinajstić information content (AvgIpc) is 2.85. The molecule has 0 spiro atoms. The van der Waals surface area contributed by atoms with Gasteiger partial charge >= 0.3 is 0 Å². The van der Waals surface area contributed by atoms with E-state index in [0.717, 1.165) is 23.6 Å². The topological polar surface area (TPSA) is 32.5 Å². The second-order valence-corrected chi connectivity index (χ2v) is 6.07. The fraction of sp³-hybridized carbons (Fsp3) is 0.571. The number of benzene rings is 1. The van der Waals surface area contributed by atoms with Crippen molar-refractivity contribution in [1.82, 2.24) is 4.90 Å². The van der Waals surface area contributed by atoms with Crippen molar-refractivity contribution < 1.29 is 0 Å². The molecule has 0 aliphatic carbocycles. The van der Waals surface area contributed by atoms with Crippen molar-refractivity contribution in [2.24, 2.45) is 5.73 Å². The van der Waals surface area contributed by atoms with E-state index < -0.39 is 0 Å². The van der Waals surface area contributed by atoms with E-state index in [2.05, 4.69) is 43.9 Å². The molecule has 98 valence electrons. The highest BCUT2D eigenvalue weighted by Crippen LogP contribution is 2.31. The third kappa shape index (κ3) is 2.17. The van der Waals surface area contributed by atoms with Crippen LogP contribution < -0.4 is 10.6 Å². The van der Waals surface area contributed by atoms with E-state index in [9.17, 15) is 0 Å². The molecule has 2 saturated heterocycles. The molecule has 4 heteroatoms. The number of fused-ring (bicyclic) bond motifs is 1. The van der Waals surface area contributed by atoms with Crippen LogP contribution >= 0.6 is 15.9 Å². The zero-order valence-electron chi connectivity index (χ0n) is 10.6. The van der Waals surface area contributed by atoms with Gasteiger partial charge in [-0.05, 0) is 31.5 Å². The number of anilines is 1. The lowest BCUT2D eigenvalue weighted by Gasteiger charge is -2.39. The third-order valence-corrected chi connectivity index (χ3v) is 4.97. The molecule has 1 aromatic carbocycles. The van der Waals surface area contributed by atoms with Crippen molar-refractivity contribution in [3.05, 3.63) is 28.2 Å². The highest BCUT2D eigenvalue weighted by molar-refractivity contribution is 9.10. The summed E-state index contributed by atoms with van der Waals surface area (Å²) in [6, 6.07) is 7.15. The molecule has 0 aromatic heterocycles. The lowest BCUT2D eigenvalue weighted by atomic mass is 10.1. The molecule has 18 heavy (non-hydrogen) atoms. The average molecular weight is 310 g/mol. The van der Waals surface area contributed by atoms with Gasteiger partial charge in [-0.1, -0.05) is 22.0 Å². The summed E-state index contributed by atoms with van der Waals surface area (Å²) in [4.78, 5) is 5.15. The van der Waals surface area contributed by atoms with Gasteiger partial charge in [0.05, 0.1) is 0 Å². The van der Waals surface area contributed by atoms with Gasteiger partial charge in [0, 0.05) is 47.9 Å². The molecule has 1 aromatic rings. The predicted molar refractivity (Wildman–Crippen MR) is 78.8 cm³/mol. The van der Waals surface area contributed by atoms with E-state index in [1.165, 1.54) is 37.2 Å². The third-order valence-electron chi connectivity index (χ3n) is 4.23. The first-order valence-electron chi connectivity index (χ1n) is 6.76. The van der Waals surface area contributed by atoms with Gasteiger partial charge in [0.1, 0.15) is 0 Å². The van der Waals surface area contributed by atoms with Crippen LogP contribution in [0.2, 0.25) is 0 Å². The molecule has 1 atom stereocenters. The number of halogens is 1. The molecule has 0 bridgehead atoms. The summed E-state index contributed by atoms with van der Waals surface area (Å²) in [5, 5.41) is 0. The van der Waals surface area contributed by atoms with E-state index in [4.69, 9.17) is 5.73 Å². The normalized spacial score (nSPS) is 24.3. The van der Waals surface area contributed by atoms with Gasteiger partial charge in [-0.25, -0.2) is 0 Å². The van der Waals surface area contributed by atoms with Gasteiger partial charge in [-0.3, -0.25) is 4.90 Å². The monoisotopic (exact) mass is 309 g/mol. The van der Waals surface area contributed by atoms with Crippen molar-refractivity contribution in [3.63, 3.8) is 0 Å². The predicted octanol–water partition coefficient (Wildman–Crippen LogP) is 2.19. The molecule has 3 rings (SSSR count). The molecule has 1 unspecified atom stereocenters. The Kier molecular flexibility index (Phi) is 3.59. The zero-order valence-corrected chi connectivity index (χ0v) is 12.2. The number of piperazine rings is 1. The van der Waals surface area contributed by atoms with Crippen molar-refractivity contribution in [3.8, 4) is 0 Å². The molecule has 0 saturated carbocycles. The smallest absolute Gasteiger partial charge is 0.0424 e. The first-order chi connectivity index (χ1) is 8.79. The van der Waals surface area contributed by atoms with E-state index in [-0.39, 0.29) is 0 Å². The quantitative estimate of drug-likeness (QED) is 0.909. The summed E-state index contributed by atoms with van der Waals surface area (Å²) in [6.45, 7) is 5.37. The van der Waals surface area contributed by atoms with Crippen LogP contribution in [-0.4, -0.2) is 37.1 Å². The Balaban J connectivity index is 1.84. The summed E-state index contributed by atoms with van der Waals surface area (Å²) < 4.78 is 1.14. The van der Waals surface area contributed by atoms with Gasteiger partial charge in [-0.2, -0.15) is 0 Å². The molecule has 2 aliphatic heterocycles. The molecular weight excluding hydrogens is 290 g/mol. The van der Waals surface area contributed by atoms with E-state index in [1.54, 1.807) is 0 Å². The Morgan fingerprint density at radius 3 is 3.00 bits per heavy atom. The minimum atomic E-state index is 0.599. The Labute approximate surface area is 117 Å². The summed E-state index contributed by atoms with van der Waals surface area (Å²) >= 11 is 3.61. The standard InChI is InChI=1S/C14H20BrN3/c15-13-4-1-5-14(12(13)9-16)18-8-7-17-6-2-3-11(17)10-18/h1,4-5,11H,2-3,6-10,16H2. The van der Waals surface area contributed by atoms with Gasteiger partial charge in [0.15, 0.2) is 0 Å². The van der Waals surface area contributed by atoms with Gasteiger partial charge in [-0.15, -0.1) is 0 Å². The molecule has 3 nitrogen and oxygen atoms in total. The Morgan fingerprint density at radius 1 is 1.28 bits per heavy atom. The fourth-order valence-electron chi connectivity index (χ4n) is 3.26. The molecule has 0 radical (unpaired) electrons. The minimum Gasteiger partial charge on any atom is -0.368 e. The van der Waals surface area contributed by atoms with Crippen LogP contribution in [0.15, 0.2) is 22.7 Å².